The SMILES string of the molecule is NCCCN.[CH2-]SC.[Li+]. The van der Waals surface area contributed by atoms with Gasteiger partial charge in [-0.3, -0.25) is 6.26 Å². The second kappa shape index (κ2) is 23.2. The third-order valence-electron chi connectivity index (χ3n) is 0.408. The first-order valence-corrected chi connectivity index (χ1v) is 3.91. The Morgan fingerprint density at radius 1 is 1.33 bits per heavy atom. The molecule has 9 heavy (non-hydrogen) atoms. The zero-order valence-corrected chi connectivity index (χ0v) is 7.21. The van der Waals surface area contributed by atoms with Crippen molar-refractivity contribution < 1.29 is 18.9 Å². The summed E-state index contributed by atoms with van der Waals surface area (Å²) < 4.78 is 0. The fraction of sp³-hybridized carbons (Fsp3) is 0.800. The van der Waals surface area contributed by atoms with Crippen LogP contribution >= 0.6 is 11.8 Å². The minimum absolute atomic E-state index is 0. The second-order valence-corrected chi connectivity index (χ2v) is 1.80. The van der Waals surface area contributed by atoms with Crippen molar-refractivity contribution in [3.05, 3.63) is 6.26 Å². The molecule has 2 nitrogen and oxygen atoms in total. The van der Waals surface area contributed by atoms with Crippen LogP contribution in [0.3, 0.4) is 0 Å². The molecule has 0 atom stereocenters. The molecule has 0 saturated carbocycles. The van der Waals surface area contributed by atoms with E-state index in [0.717, 1.165) is 19.5 Å². The summed E-state index contributed by atoms with van der Waals surface area (Å²) in [7, 11) is 0. The van der Waals surface area contributed by atoms with Gasteiger partial charge in [0.2, 0.25) is 0 Å². The Balaban J connectivity index is -0.0000000800. The van der Waals surface area contributed by atoms with Crippen LogP contribution in [0.5, 0.6) is 0 Å². The zero-order chi connectivity index (χ0) is 6.83. The molecule has 0 aromatic rings. The Morgan fingerprint density at radius 3 is 1.56 bits per heavy atom. The van der Waals surface area contributed by atoms with Crippen molar-refractivity contribution in [3.8, 4) is 0 Å². The van der Waals surface area contributed by atoms with Gasteiger partial charge >= 0.3 is 18.9 Å². The van der Waals surface area contributed by atoms with Gasteiger partial charge in [0.25, 0.3) is 0 Å². The van der Waals surface area contributed by atoms with Gasteiger partial charge in [-0.2, -0.15) is 0 Å². The van der Waals surface area contributed by atoms with Crippen molar-refractivity contribution in [1.29, 1.82) is 0 Å². The molecule has 0 bridgehead atoms. The van der Waals surface area contributed by atoms with Gasteiger partial charge in [-0.05, 0) is 25.8 Å². The van der Waals surface area contributed by atoms with Crippen molar-refractivity contribution in [2.75, 3.05) is 19.3 Å². The molecule has 0 amide bonds. The summed E-state index contributed by atoms with van der Waals surface area (Å²) in [5.41, 5.74) is 10.1. The van der Waals surface area contributed by atoms with Gasteiger partial charge in [0.15, 0.2) is 0 Å². The third-order valence-corrected chi connectivity index (χ3v) is 0.408. The number of nitrogens with two attached hydrogens (primary N) is 2. The van der Waals surface area contributed by atoms with Crippen molar-refractivity contribution >= 4 is 11.8 Å². The van der Waals surface area contributed by atoms with Crippen LogP contribution < -0.4 is 30.3 Å². The molecule has 0 radical (unpaired) electrons. The molecule has 0 aliphatic heterocycles. The Morgan fingerprint density at radius 2 is 1.56 bits per heavy atom. The van der Waals surface area contributed by atoms with E-state index in [1.165, 1.54) is 11.8 Å². The maximum absolute atomic E-state index is 5.06. The van der Waals surface area contributed by atoms with E-state index in [0.29, 0.717) is 0 Å². The molecule has 0 fully saturated rings. The van der Waals surface area contributed by atoms with E-state index in [1.54, 1.807) is 0 Å². The summed E-state index contributed by atoms with van der Waals surface area (Å²) >= 11 is 1.50. The van der Waals surface area contributed by atoms with E-state index in [9.17, 15) is 0 Å². The average Bonchev–Trinajstić information content (AvgIpc) is 1.71. The maximum atomic E-state index is 5.06. The van der Waals surface area contributed by atoms with E-state index in [2.05, 4.69) is 6.26 Å². The Labute approximate surface area is 74.3 Å². The molecule has 0 unspecified atom stereocenters. The van der Waals surface area contributed by atoms with Crippen molar-refractivity contribution in [2.45, 2.75) is 6.42 Å². The minimum Gasteiger partial charge on any atom is -0.357 e. The number of hydrogen-bond acceptors (Lipinski definition) is 3. The normalized spacial score (nSPS) is 6.67. The molecule has 4 N–H and O–H groups in total. The van der Waals surface area contributed by atoms with E-state index < -0.39 is 0 Å². The van der Waals surface area contributed by atoms with Crippen LogP contribution in [-0.2, 0) is 0 Å². The predicted octanol–water partition coefficient (Wildman–Crippen LogP) is -2.56. The molecule has 0 heterocycles. The molecule has 0 aliphatic rings. The first-order chi connectivity index (χ1) is 3.83. The summed E-state index contributed by atoms with van der Waals surface area (Å²) in [6.07, 6.45) is 6.28. The van der Waals surface area contributed by atoms with Crippen LogP contribution in [0.4, 0.5) is 0 Å². The summed E-state index contributed by atoms with van der Waals surface area (Å²) in [5, 5.41) is 0. The quantitative estimate of drug-likeness (QED) is 0.329. The Bertz CT molecular complexity index is 28.9. The maximum Gasteiger partial charge on any atom is 1.00 e. The van der Waals surface area contributed by atoms with Crippen molar-refractivity contribution in [2.24, 2.45) is 11.5 Å². The summed E-state index contributed by atoms with van der Waals surface area (Å²) in [4.78, 5) is 0. The largest absolute Gasteiger partial charge is 1.00 e. The second-order valence-electron chi connectivity index (χ2n) is 1.22. The summed E-state index contributed by atoms with van der Waals surface area (Å²) in [6.45, 7) is 1.44. The summed E-state index contributed by atoms with van der Waals surface area (Å²) in [5.74, 6) is 0. The van der Waals surface area contributed by atoms with Gasteiger partial charge in [-0.1, -0.05) is 0 Å². The minimum atomic E-state index is 0. The topological polar surface area (TPSA) is 52.0 Å². The third kappa shape index (κ3) is 50.9. The van der Waals surface area contributed by atoms with Gasteiger partial charge in [-0.15, -0.1) is 0 Å². The van der Waals surface area contributed by atoms with Gasteiger partial charge in [0.05, 0.1) is 0 Å². The first kappa shape index (κ1) is 16.5. The van der Waals surface area contributed by atoms with Crippen LogP contribution in [0.25, 0.3) is 0 Å². The van der Waals surface area contributed by atoms with Gasteiger partial charge in [0.1, 0.15) is 0 Å². The van der Waals surface area contributed by atoms with Crippen molar-refractivity contribution in [3.63, 3.8) is 0 Å². The monoisotopic (exact) mass is 142 g/mol. The molecular weight excluding hydrogens is 127 g/mol. The zero-order valence-electron chi connectivity index (χ0n) is 6.39. The molecule has 0 aromatic carbocycles. The number of thioether (sulfide) groups is 1. The first-order valence-electron chi connectivity index (χ1n) is 2.51. The Hall–Kier alpha value is 0.867. The van der Waals surface area contributed by atoms with Gasteiger partial charge < -0.3 is 23.2 Å². The van der Waals surface area contributed by atoms with Gasteiger partial charge in [0, 0.05) is 0 Å². The van der Waals surface area contributed by atoms with E-state index >= 15 is 0 Å². The summed E-state index contributed by atoms with van der Waals surface area (Å²) in [6, 6.07) is 0. The van der Waals surface area contributed by atoms with Gasteiger partial charge in [-0.25, -0.2) is 0 Å². The molecule has 52 valence electrons. The molecular formula is C5H15LiN2S. The average molecular weight is 142 g/mol. The van der Waals surface area contributed by atoms with E-state index in [-0.39, 0.29) is 18.9 Å². The molecule has 0 rings (SSSR count). The van der Waals surface area contributed by atoms with E-state index in [4.69, 9.17) is 11.5 Å². The standard InChI is InChI=1S/C3H10N2.C2H5S.Li/c4-2-1-3-5;1-3-2;/h1-5H2;1H2,2H3;/q;-1;+1. The molecule has 4 heteroatoms. The fourth-order valence-electron chi connectivity index (χ4n) is 0.118. The van der Waals surface area contributed by atoms with E-state index in [1.807, 2.05) is 6.26 Å². The van der Waals surface area contributed by atoms with Crippen LogP contribution in [0.1, 0.15) is 6.42 Å². The van der Waals surface area contributed by atoms with Crippen LogP contribution in [0, 0.1) is 6.26 Å². The smallest absolute Gasteiger partial charge is 0.357 e. The molecule has 0 aromatic heterocycles. The molecule has 0 aliphatic carbocycles. The molecule has 0 saturated heterocycles. The van der Waals surface area contributed by atoms with Crippen LogP contribution in [0.2, 0.25) is 0 Å². The predicted molar refractivity (Wildman–Crippen MR) is 41.6 cm³/mol. The van der Waals surface area contributed by atoms with Crippen LogP contribution in [0.15, 0.2) is 0 Å². The fourth-order valence-corrected chi connectivity index (χ4v) is 0.118. The number of rotatable bonds is 2. The van der Waals surface area contributed by atoms with Crippen molar-refractivity contribution in [1.82, 2.24) is 0 Å². The van der Waals surface area contributed by atoms with Crippen LogP contribution in [-0.4, -0.2) is 19.3 Å². The Kier molecular flexibility index (Phi) is 42.3. The number of hydrogen-bond donors (Lipinski definition) is 2. The molecule has 0 spiro atoms.